The van der Waals surface area contributed by atoms with Crippen LogP contribution in [0.5, 0.6) is 0 Å². The Morgan fingerprint density at radius 1 is 1.56 bits per heavy atom. The Kier molecular flexibility index (Phi) is 3.59. The van der Waals surface area contributed by atoms with Crippen molar-refractivity contribution in [2.75, 3.05) is 11.4 Å². The molecular formula is C11H13ClN2O3S. The molecule has 2 heterocycles. The molecule has 7 heteroatoms. The van der Waals surface area contributed by atoms with Crippen molar-refractivity contribution in [3.05, 3.63) is 23.9 Å². The number of amides is 1. The van der Waals surface area contributed by atoms with E-state index in [9.17, 15) is 13.2 Å². The summed E-state index contributed by atoms with van der Waals surface area (Å²) in [5, 5.41) is -0.849. The summed E-state index contributed by atoms with van der Waals surface area (Å²) in [5.74, 6) is 0.283. The molecule has 1 fully saturated rings. The molecule has 5 nitrogen and oxygen atoms in total. The minimum absolute atomic E-state index is 0.0778. The van der Waals surface area contributed by atoms with E-state index in [-0.39, 0.29) is 18.9 Å². The molecule has 0 N–H and O–H groups in total. The van der Waals surface area contributed by atoms with Gasteiger partial charge in [-0.25, -0.2) is 13.4 Å². The third-order valence-corrected chi connectivity index (χ3v) is 4.86. The molecule has 1 aliphatic heterocycles. The van der Waals surface area contributed by atoms with Gasteiger partial charge in [0.1, 0.15) is 11.1 Å². The van der Waals surface area contributed by atoms with Gasteiger partial charge in [0.2, 0.25) is 15.0 Å². The smallest absolute Gasteiger partial charge is 0.237 e. The van der Waals surface area contributed by atoms with E-state index in [1.807, 2.05) is 13.0 Å². The first-order valence-electron chi connectivity index (χ1n) is 5.61. The Bertz CT molecular complexity index is 573. The van der Waals surface area contributed by atoms with Crippen LogP contribution in [0.4, 0.5) is 5.82 Å². The highest BCUT2D eigenvalue weighted by molar-refractivity contribution is 8.14. The van der Waals surface area contributed by atoms with Crippen molar-refractivity contribution in [2.45, 2.75) is 25.0 Å². The molecule has 0 radical (unpaired) electrons. The zero-order valence-electron chi connectivity index (χ0n) is 9.84. The number of carbonyl (C=O) groups is 1. The molecule has 2 rings (SSSR count). The van der Waals surface area contributed by atoms with Crippen LogP contribution in [0.1, 0.15) is 18.9 Å². The van der Waals surface area contributed by atoms with E-state index in [1.165, 1.54) is 4.90 Å². The van der Waals surface area contributed by atoms with Crippen LogP contribution in [-0.4, -0.2) is 31.1 Å². The van der Waals surface area contributed by atoms with Gasteiger partial charge in [-0.2, -0.15) is 0 Å². The van der Waals surface area contributed by atoms with Gasteiger partial charge in [-0.05, 0) is 18.1 Å². The quantitative estimate of drug-likeness (QED) is 0.787. The second-order valence-electron chi connectivity index (χ2n) is 4.15. The van der Waals surface area contributed by atoms with Gasteiger partial charge in [0.05, 0.1) is 0 Å². The fourth-order valence-electron chi connectivity index (χ4n) is 2.02. The van der Waals surface area contributed by atoms with Gasteiger partial charge in [0.15, 0.2) is 0 Å². The summed E-state index contributed by atoms with van der Waals surface area (Å²) >= 11 is 0. The summed E-state index contributed by atoms with van der Waals surface area (Å²) in [6.07, 6.45) is 2.24. The predicted octanol–water partition coefficient (Wildman–Crippen LogP) is 1.32. The van der Waals surface area contributed by atoms with Crippen molar-refractivity contribution in [1.82, 2.24) is 4.98 Å². The van der Waals surface area contributed by atoms with Crippen molar-refractivity contribution in [2.24, 2.45) is 0 Å². The fourth-order valence-corrected chi connectivity index (χ4v) is 3.04. The highest BCUT2D eigenvalue weighted by Crippen LogP contribution is 2.27. The van der Waals surface area contributed by atoms with E-state index >= 15 is 0 Å². The maximum Gasteiger partial charge on any atom is 0.237 e. The van der Waals surface area contributed by atoms with Crippen LogP contribution in [0.15, 0.2) is 18.3 Å². The van der Waals surface area contributed by atoms with Crippen molar-refractivity contribution in [1.29, 1.82) is 0 Å². The fraction of sp³-hybridized carbons (Fsp3) is 0.455. The van der Waals surface area contributed by atoms with Crippen molar-refractivity contribution < 1.29 is 13.2 Å². The van der Waals surface area contributed by atoms with E-state index in [0.29, 0.717) is 5.82 Å². The Balaban J connectivity index is 2.33. The molecule has 1 aromatic heterocycles. The van der Waals surface area contributed by atoms with Crippen LogP contribution in [-0.2, 0) is 20.3 Å². The average molecular weight is 289 g/mol. The topological polar surface area (TPSA) is 67.3 Å². The van der Waals surface area contributed by atoms with E-state index in [4.69, 9.17) is 10.7 Å². The summed E-state index contributed by atoms with van der Waals surface area (Å²) in [4.78, 5) is 17.4. The van der Waals surface area contributed by atoms with E-state index in [1.54, 1.807) is 12.3 Å². The summed E-state index contributed by atoms with van der Waals surface area (Å²) < 4.78 is 22.6. The Hall–Kier alpha value is -1.14. The van der Waals surface area contributed by atoms with Crippen LogP contribution < -0.4 is 4.90 Å². The third kappa shape index (κ3) is 2.49. The normalized spacial score (nSPS) is 20.4. The second-order valence-corrected chi connectivity index (χ2v) is 7.05. The molecule has 0 bridgehead atoms. The number of aryl methyl sites for hydroxylation is 1. The van der Waals surface area contributed by atoms with Crippen LogP contribution in [0.25, 0.3) is 0 Å². The lowest BCUT2D eigenvalue weighted by molar-refractivity contribution is -0.117. The maximum absolute atomic E-state index is 11.9. The second kappa shape index (κ2) is 4.85. The molecule has 0 spiro atoms. The molecule has 0 aliphatic carbocycles. The zero-order valence-corrected chi connectivity index (χ0v) is 11.4. The number of rotatable bonds is 3. The summed E-state index contributed by atoms with van der Waals surface area (Å²) in [6, 6.07) is 3.66. The molecule has 1 atom stereocenters. The summed E-state index contributed by atoms with van der Waals surface area (Å²) in [6.45, 7) is 2.03. The molecule has 0 saturated carbocycles. The van der Waals surface area contributed by atoms with Crippen molar-refractivity contribution in [3.63, 3.8) is 0 Å². The molecular weight excluding hydrogens is 276 g/mol. The van der Waals surface area contributed by atoms with Crippen LogP contribution in [0.3, 0.4) is 0 Å². The Morgan fingerprint density at radius 3 is 2.83 bits per heavy atom. The van der Waals surface area contributed by atoms with Gasteiger partial charge < -0.3 is 0 Å². The van der Waals surface area contributed by atoms with Gasteiger partial charge in [0.25, 0.3) is 0 Å². The number of aromatic nitrogens is 1. The van der Waals surface area contributed by atoms with E-state index < -0.39 is 14.3 Å². The molecule has 1 aromatic rings. The van der Waals surface area contributed by atoms with Crippen LogP contribution >= 0.6 is 10.7 Å². The highest BCUT2D eigenvalue weighted by Gasteiger charge is 2.39. The number of hydrogen-bond acceptors (Lipinski definition) is 4. The number of nitrogens with zero attached hydrogens (tertiary/aromatic N) is 2. The minimum Gasteiger partial charge on any atom is -0.295 e. The summed E-state index contributed by atoms with van der Waals surface area (Å²) in [7, 11) is 1.59. The summed E-state index contributed by atoms with van der Waals surface area (Å²) in [5.41, 5.74) is 0.915. The molecule has 18 heavy (non-hydrogen) atoms. The molecule has 1 amide bonds. The Morgan fingerprint density at radius 2 is 2.28 bits per heavy atom. The number of pyridine rings is 1. The number of hydrogen-bond donors (Lipinski definition) is 0. The third-order valence-electron chi connectivity index (χ3n) is 2.99. The van der Waals surface area contributed by atoms with Crippen molar-refractivity contribution in [3.8, 4) is 0 Å². The number of halogens is 1. The monoisotopic (exact) mass is 288 g/mol. The standard InChI is InChI=1S/C11H13ClN2O3S/c1-2-8-4-3-5-13-11(8)14-7-9(6-10(14)15)18(12,16)17/h3-5,9H,2,6-7H2,1H3. The molecule has 0 aromatic carbocycles. The van der Waals surface area contributed by atoms with E-state index in [2.05, 4.69) is 4.98 Å². The lowest BCUT2D eigenvalue weighted by Crippen LogP contribution is -2.28. The first kappa shape index (κ1) is 13.3. The SMILES string of the molecule is CCc1cccnc1N1CC(S(=O)(=O)Cl)CC1=O. The maximum atomic E-state index is 11.9. The molecule has 1 saturated heterocycles. The minimum atomic E-state index is -3.71. The molecule has 98 valence electrons. The van der Waals surface area contributed by atoms with E-state index in [0.717, 1.165) is 12.0 Å². The zero-order chi connectivity index (χ0) is 13.3. The number of anilines is 1. The van der Waals surface area contributed by atoms with Gasteiger partial charge in [-0.1, -0.05) is 13.0 Å². The Labute approximate surface area is 110 Å². The predicted molar refractivity (Wildman–Crippen MR) is 69.1 cm³/mol. The van der Waals surface area contributed by atoms with Crippen LogP contribution in [0, 0.1) is 0 Å². The van der Waals surface area contributed by atoms with Crippen molar-refractivity contribution >= 4 is 31.5 Å². The van der Waals surface area contributed by atoms with Gasteiger partial charge in [-0.15, -0.1) is 0 Å². The first-order valence-corrected chi connectivity index (χ1v) is 7.98. The van der Waals surface area contributed by atoms with Gasteiger partial charge in [-0.3, -0.25) is 9.69 Å². The van der Waals surface area contributed by atoms with Crippen LogP contribution in [0.2, 0.25) is 0 Å². The lowest BCUT2D eigenvalue weighted by atomic mass is 10.2. The highest BCUT2D eigenvalue weighted by atomic mass is 35.7. The lowest BCUT2D eigenvalue weighted by Gasteiger charge is -2.17. The number of carbonyl (C=O) groups excluding carboxylic acids is 1. The largest absolute Gasteiger partial charge is 0.295 e. The molecule has 1 aliphatic rings. The average Bonchev–Trinajstić information content (AvgIpc) is 2.71. The molecule has 1 unspecified atom stereocenters. The first-order chi connectivity index (χ1) is 8.43. The van der Waals surface area contributed by atoms with Gasteiger partial charge >= 0.3 is 0 Å². The van der Waals surface area contributed by atoms with Gasteiger partial charge in [0, 0.05) is 29.8 Å².